The van der Waals surface area contributed by atoms with E-state index >= 15 is 0 Å². The molecule has 0 atom stereocenters. The quantitative estimate of drug-likeness (QED) is 0.929. The van der Waals surface area contributed by atoms with E-state index in [1.54, 1.807) is 0 Å². The van der Waals surface area contributed by atoms with Gasteiger partial charge in [0.1, 0.15) is 16.5 Å². The van der Waals surface area contributed by atoms with Crippen molar-refractivity contribution in [3.63, 3.8) is 0 Å². The van der Waals surface area contributed by atoms with Gasteiger partial charge in [-0.3, -0.25) is 9.71 Å². The molecule has 0 saturated heterocycles. The van der Waals surface area contributed by atoms with Gasteiger partial charge < -0.3 is 0 Å². The molecule has 4 nitrogen and oxygen atoms in total. The van der Waals surface area contributed by atoms with Crippen LogP contribution in [0.25, 0.3) is 0 Å². The van der Waals surface area contributed by atoms with Gasteiger partial charge in [-0.25, -0.2) is 17.2 Å². The molecule has 7 heteroatoms. The number of halogens is 2. The van der Waals surface area contributed by atoms with Crippen LogP contribution in [0.15, 0.2) is 47.6 Å². The smallest absolute Gasteiger partial charge is 0.264 e. The summed E-state index contributed by atoms with van der Waals surface area (Å²) >= 11 is 0. The molecule has 0 radical (unpaired) electrons. The van der Waals surface area contributed by atoms with Crippen LogP contribution in [0.4, 0.5) is 14.5 Å². The van der Waals surface area contributed by atoms with Gasteiger partial charge in [-0.05, 0) is 30.3 Å². The Bertz CT molecular complexity index is 660. The number of aromatic nitrogens is 1. The summed E-state index contributed by atoms with van der Waals surface area (Å²) in [5.41, 5.74) is 0.216. The molecule has 0 fully saturated rings. The van der Waals surface area contributed by atoms with Gasteiger partial charge in [-0.2, -0.15) is 0 Å². The molecule has 0 aliphatic heterocycles. The van der Waals surface area contributed by atoms with E-state index in [-0.39, 0.29) is 5.69 Å². The van der Waals surface area contributed by atoms with E-state index in [4.69, 9.17) is 0 Å². The van der Waals surface area contributed by atoms with Gasteiger partial charge in [0.25, 0.3) is 10.0 Å². The number of nitrogens with zero attached hydrogens (tertiary/aromatic N) is 1. The van der Waals surface area contributed by atoms with Crippen molar-refractivity contribution >= 4 is 15.7 Å². The Morgan fingerprint density at radius 2 is 1.72 bits per heavy atom. The minimum absolute atomic E-state index is 0.216. The normalized spacial score (nSPS) is 11.2. The summed E-state index contributed by atoms with van der Waals surface area (Å²) in [6.45, 7) is 0. The highest BCUT2D eigenvalue weighted by Crippen LogP contribution is 2.19. The molecule has 1 aromatic heterocycles. The predicted molar refractivity (Wildman–Crippen MR) is 61.4 cm³/mol. The maximum atomic E-state index is 13.4. The molecular formula is C11H8F2N2O2S. The molecule has 1 aromatic carbocycles. The lowest BCUT2D eigenvalue weighted by Crippen LogP contribution is -2.14. The fourth-order valence-corrected chi connectivity index (χ4v) is 2.46. The van der Waals surface area contributed by atoms with Crippen molar-refractivity contribution in [3.8, 4) is 0 Å². The summed E-state index contributed by atoms with van der Waals surface area (Å²) in [5.74, 6) is -1.84. The number of hydrogen-bond acceptors (Lipinski definition) is 3. The maximum Gasteiger partial charge on any atom is 0.264 e. The lowest BCUT2D eigenvalue weighted by atomic mass is 10.3. The summed E-state index contributed by atoms with van der Waals surface area (Å²) in [4.78, 5) is 2.97. The van der Waals surface area contributed by atoms with Crippen molar-refractivity contribution in [2.45, 2.75) is 4.90 Å². The first-order valence-corrected chi connectivity index (χ1v) is 6.35. The molecule has 1 N–H and O–H groups in total. The van der Waals surface area contributed by atoms with E-state index in [0.29, 0.717) is 6.07 Å². The average molecular weight is 270 g/mol. The third kappa shape index (κ3) is 2.62. The van der Waals surface area contributed by atoms with Crippen LogP contribution in [-0.4, -0.2) is 13.4 Å². The second-order valence-electron chi connectivity index (χ2n) is 3.42. The second-order valence-corrected chi connectivity index (χ2v) is 5.07. The first kappa shape index (κ1) is 12.4. The number of sulfonamides is 1. The van der Waals surface area contributed by atoms with Crippen molar-refractivity contribution in [1.29, 1.82) is 0 Å². The van der Waals surface area contributed by atoms with Crippen LogP contribution >= 0.6 is 0 Å². The summed E-state index contributed by atoms with van der Waals surface area (Å²) in [5, 5.41) is 0. The Hall–Kier alpha value is -2.02. The molecule has 0 spiro atoms. The van der Waals surface area contributed by atoms with E-state index in [2.05, 4.69) is 9.71 Å². The van der Waals surface area contributed by atoms with Crippen LogP contribution in [0.5, 0.6) is 0 Å². The van der Waals surface area contributed by atoms with Gasteiger partial charge in [-0.15, -0.1) is 0 Å². The predicted octanol–water partition coefficient (Wildman–Crippen LogP) is 2.16. The van der Waals surface area contributed by atoms with Crippen molar-refractivity contribution < 1.29 is 17.2 Å². The largest absolute Gasteiger partial charge is 0.279 e. The number of rotatable bonds is 3. The first-order valence-electron chi connectivity index (χ1n) is 4.87. The second kappa shape index (κ2) is 4.69. The molecule has 1 heterocycles. The SMILES string of the molecule is O=S(=O)(Nc1ccncc1)c1cc(F)ccc1F. The van der Waals surface area contributed by atoms with Crippen LogP contribution in [0, 0.1) is 11.6 Å². The minimum Gasteiger partial charge on any atom is -0.279 e. The van der Waals surface area contributed by atoms with Crippen LogP contribution in [0.3, 0.4) is 0 Å². The van der Waals surface area contributed by atoms with Gasteiger partial charge in [0.05, 0.1) is 5.69 Å². The molecule has 0 unspecified atom stereocenters. The number of nitrogens with one attached hydrogen (secondary N) is 1. The zero-order chi connectivity index (χ0) is 13.2. The Morgan fingerprint density at radius 1 is 1.06 bits per heavy atom. The lowest BCUT2D eigenvalue weighted by molar-refractivity contribution is 0.555. The molecule has 0 saturated carbocycles. The van der Waals surface area contributed by atoms with E-state index in [1.807, 2.05) is 0 Å². The first-order chi connectivity index (χ1) is 8.49. The Kier molecular flexibility index (Phi) is 3.24. The van der Waals surface area contributed by atoms with Gasteiger partial charge in [0.2, 0.25) is 0 Å². The fraction of sp³-hybridized carbons (Fsp3) is 0. The zero-order valence-electron chi connectivity index (χ0n) is 8.97. The summed E-state index contributed by atoms with van der Waals surface area (Å²) in [6, 6.07) is 5.03. The van der Waals surface area contributed by atoms with Gasteiger partial charge >= 0.3 is 0 Å². The molecule has 0 aliphatic rings. The summed E-state index contributed by atoms with van der Waals surface area (Å²) in [6.07, 6.45) is 2.75. The molecule has 0 bridgehead atoms. The minimum atomic E-state index is -4.16. The van der Waals surface area contributed by atoms with Crippen LogP contribution < -0.4 is 4.72 Å². The molecule has 94 valence electrons. The lowest BCUT2D eigenvalue weighted by Gasteiger charge is -2.08. The monoisotopic (exact) mass is 270 g/mol. The number of benzene rings is 1. The zero-order valence-corrected chi connectivity index (χ0v) is 9.79. The molecule has 18 heavy (non-hydrogen) atoms. The van der Waals surface area contributed by atoms with E-state index < -0.39 is 26.6 Å². The highest BCUT2D eigenvalue weighted by Gasteiger charge is 2.19. The summed E-state index contributed by atoms with van der Waals surface area (Å²) in [7, 11) is -4.16. The van der Waals surface area contributed by atoms with Gasteiger partial charge in [0, 0.05) is 12.4 Å². The highest BCUT2D eigenvalue weighted by molar-refractivity contribution is 7.92. The number of pyridine rings is 1. The molecule has 2 aromatic rings. The van der Waals surface area contributed by atoms with E-state index in [9.17, 15) is 17.2 Å². The van der Waals surface area contributed by atoms with Crippen molar-refractivity contribution in [2.24, 2.45) is 0 Å². The third-order valence-electron chi connectivity index (χ3n) is 2.12. The molecule has 0 aliphatic carbocycles. The molecule has 2 rings (SSSR count). The van der Waals surface area contributed by atoms with Crippen molar-refractivity contribution in [3.05, 3.63) is 54.4 Å². The number of hydrogen-bond donors (Lipinski definition) is 1. The van der Waals surface area contributed by atoms with Crippen LogP contribution in [-0.2, 0) is 10.0 Å². The summed E-state index contributed by atoms with van der Waals surface area (Å²) < 4.78 is 52.1. The van der Waals surface area contributed by atoms with Crippen LogP contribution in [0.1, 0.15) is 0 Å². The molecule has 0 amide bonds. The van der Waals surface area contributed by atoms with Crippen LogP contribution in [0.2, 0.25) is 0 Å². The fourth-order valence-electron chi connectivity index (χ4n) is 1.31. The highest BCUT2D eigenvalue weighted by atomic mass is 32.2. The maximum absolute atomic E-state index is 13.4. The van der Waals surface area contributed by atoms with Gasteiger partial charge in [0.15, 0.2) is 0 Å². The Balaban J connectivity index is 2.40. The van der Waals surface area contributed by atoms with E-state index in [1.165, 1.54) is 24.5 Å². The molecular weight excluding hydrogens is 262 g/mol. The van der Waals surface area contributed by atoms with Crippen molar-refractivity contribution in [2.75, 3.05) is 4.72 Å². The topological polar surface area (TPSA) is 59.1 Å². The van der Waals surface area contributed by atoms with Crippen molar-refractivity contribution in [1.82, 2.24) is 4.98 Å². The van der Waals surface area contributed by atoms with E-state index in [0.717, 1.165) is 12.1 Å². The Morgan fingerprint density at radius 3 is 2.39 bits per heavy atom. The number of anilines is 1. The average Bonchev–Trinajstić information content (AvgIpc) is 2.33. The standard InChI is InChI=1S/C11H8F2N2O2S/c12-8-1-2-10(13)11(7-8)18(16,17)15-9-3-5-14-6-4-9/h1-7H,(H,14,15). The Labute approximate surface area is 102 Å². The van der Waals surface area contributed by atoms with Gasteiger partial charge in [-0.1, -0.05) is 0 Å². The third-order valence-corrected chi connectivity index (χ3v) is 3.51.